The Morgan fingerprint density at radius 3 is 1.07 bits per heavy atom. The highest BCUT2D eigenvalue weighted by molar-refractivity contribution is 9.11. The molecule has 12 heteroatoms. The summed E-state index contributed by atoms with van der Waals surface area (Å²) in [5.74, 6) is 0.600. The van der Waals surface area contributed by atoms with Crippen molar-refractivity contribution in [2.24, 2.45) is 0 Å². The number of hydrogen-bond donors (Lipinski definition) is 4. The molecule has 0 radical (unpaired) electrons. The number of Topliss-reactive ketones (excluding diaryl/α,β-unsaturated/α-hetero) is 4. The summed E-state index contributed by atoms with van der Waals surface area (Å²) in [5, 5.41) is 37.8. The van der Waals surface area contributed by atoms with E-state index < -0.39 is 0 Å². The number of fused-ring (bicyclic) bond motifs is 8. The van der Waals surface area contributed by atoms with E-state index in [0.717, 1.165) is 25.3 Å². The number of ketones is 4. The molecule has 0 saturated heterocycles. The van der Waals surface area contributed by atoms with Crippen molar-refractivity contribution in [3.05, 3.63) is 162 Å². The molecule has 10 rings (SSSR count). The number of phenolic OH excluding ortho intramolecular Hbond substituents is 2. The van der Waals surface area contributed by atoms with E-state index in [1.165, 1.54) is 0 Å². The van der Waals surface area contributed by atoms with Crippen LogP contribution in [0.5, 0.6) is 23.0 Å². The fourth-order valence-corrected chi connectivity index (χ4v) is 8.87. The molecule has 0 spiro atoms. The molecule has 0 amide bonds. The maximum absolute atomic E-state index is 13.1. The number of allylic oxidation sites excluding steroid dienone is 4. The van der Waals surface area contributed by atoms with Gasteiger partial charge in [-0.25, -0.2) is 0 Å². The quantitative estimate of drug-likeness (QED) is 0.115. The van der Waals surface area contributed by atoms with Crippen LogP contribution < -0.4 is 9.47 Å². The minimum atomic E-state index is -0.277. The standard InChI is InChI=1S/2C22H13BrO4.2CH4O/c2*23-17-15-9-10-16-18(24)11-5-1-2-6-12(11)20(26)22(16)27-21(15)14-8-4-3-7-13(14)19(17)25;2*1-2/h2*1-8,25H,9-10H2;2*2H,1H3. The third kappa shape index (κ3) is 6.51. The maximum Gasteiger partial charge on any atom is 0.229 e. The van der Waals surface area contributed by atoms with Crippen LogP contribution in [-0.2, 0) is 12.8 Å². The van der Waals surface area contributed by atoms with Crippen molar-refractivity contribution in [1.82, 2.24) is 0 Å². The van der Waals surface area contributed by atoms with Gasteiger partial charge < -0.3 is 29.9 Å². The molecule has 292 valence electrons. The first-order valence-corrected chi connectivity index (χ1v) is 19.7. The molecule has 0 aromatic heterocycles. The number of halogens is 2. The monoisotopic (exact) mass is 904 g/mol. The molecular formula is C46H34Br2O10. The van der Waals surface area contributed by atoms with Gasteiger partial charge in [-0.3, -0.25) is 19.2 Å². The Morgan fingerprint density at radius 1 is 0.431 bits per heavy atom. The summed E-state index contributed by atoms with van der Waals surface area (Å²) < 4.78 is 13.3. The molecule has 4 aliphatic rings. The van der Waals surface area contributed by atoms with Gasteiger partial charge in [-0.15, -0.1) is 0 Å². The summed E-state index contributed by atoms with van der Waals surface area (Å²) in [4.78, 5) is 52.0. The highest BCUT2D eigenvalue weighted by atomic mass is 79.9. The van der Waals surface area contributed by atoms with Gasteiger partial charge in [0.15, 0.2) is 23.1 Å². The molecule has 58 heavy (non-hydrogen) atoms. The number of carbonyl (C=O) groups is 4. The summed E-state index contributed by atoms with van der Waals surface area (Å²) >= 11 is 6.92. The van der Waals surface area contributed by atoms with Crippen LogP contribution in [0.15, 0.2) is 129 Å². The van der Waals surface area contributed by atoms with E-state index in [4.69, 9.17) is 19.7 Å². The molecule has 0 unspecified atom stereocenters. The lowest BCUT2D eigenvalue weighted by molar-refractivity contribution is 0.0936. The van der Waals surface area contributed by atoms with Crippen molar-refractivity contribution in [1.29, 1.82) is 0 Å². The molecule has 10 nitrogen and oxygen atoms in total. The van der Waals surface area contributed by atoms with Gasteiger partial charge in [-0.2, -0.15) is 0 Å². The second-order valence-corrected chi connectivity index (χ2v) is 14.8. The first kappa shape index (κ1) is 40.3. The highest BCUT2D eigenvalue weighted by Gasteiger charge is 2.38. The van der Waals surface area contributed by atoms with Crippen molar-refractivity contribution in [2.45, 2.75) is 25.7 Å². The van der Waals surface area contributed by atoms with Crippen LogP contribution in [0.3, 0.4) is 0 Å². The molecule has 2 aliphatic heterocycles. The van der Waals surface area contributed by atoms with Gasteiger partial charge in [0.25, 0.3) is 0 Å². The second-order valence-electron chi connectivity index (χ2n) is 13.3. The third-order valence-electron chi connectivity index (χ3n) is 10.3. The van der Waals surface area contributed by atoms with Crippen LogP contribution in [0.4, 0.5) is 0 Å². The van der Waals surface area contributed by atoms with Gasteiger partial charge in [-0.05, 0) is 57.5 Å². The highest BCUT2D eigenvalue weighted by Crippen LogP contribution is 2.49. The number of aliphatic hydroxyl groups is 2. The second kappa shape index (κ2) is 16.5. The minimum absolute atomic E-state index is 0.0974. The molecule has 2 aliphatic carbocycles. The molecule has 6 aromatic rings. The fraction of sp³-hybridized carbons (Fsp3) is 0.130. The number of aromatic hydroxyl groups is 2. The van der Waals surface area contributed by atoms with Gasteiger partial charge in [0, 0.05) is 80.3 Å². The van der Waals surface area contributed by atoms with Crippen LogP contribution in [-0.4, -0.2) is 57.8 Å². The summed E-state index contributed by atoms with van der Waals surface area (Å²) in [5.41, 5.74) is 3.87. The Labute approximate surface area is 348 Å². The lowest BCUT2D eigenvalue weighted by Gasteiger charge is -2.20. The van der Waals surface area contributed by atoms with Crippen LogP contribution >= 0.6 is 31.9 Å². The number of phenols is 2. The molecular weight excluding hydrogens is 872 g/mol. The lowest BCUT2D eigenvalue weighted by atomic mass is 9.86. The molecule has 2 heterocycles. The van der Waals surface area contributed by atoms with Crippen molar-refractivity contribution >= 4 is 76.5 Å². The number of aliphatic hydroxyl groups excluding tert-OH is 2. The summed E-state index contributed by atoms with van der Waals surface area (Å²) in [6.07, 6.45) is 1.71. The van der Waals surface area contributed by atoms with Crippen molar-refractivity contribution in [3.63, 3.8) is 0 Å². The first-order valence-electron chi connectivity index (χ1n) is 18.1. The van der Waals surface area contributed by atoms with Gasteiger partial charge >= 0.3 is 0 Å². The predicted octanol–water partition coefficient (Wildman–Crippen LogP) is 9.15. The average molecular weight is 907 g/mol. The fourth-order valence-electron chi connectivity index (χ4n) is 7.68. The number of hydrogen-bond acceptors (Lipinski definition) is 10. The normalized spacial score (nSPS) is 14.9. The van der Waals surface area contributed by atoms with Gasteiger partial charge in [-0.1, -0.05) is 97.1 Å². The van der Waals surface area contributed by atoms with Crippen molar-refractivity contribution < 1.29 is 49.1 Å². The van der Waals surface area contributed by atoms with E-state index in [-0.39, 0.29) is 46.2 Å². The minimum Gasteiger partial charge on any atom is -0.506 e. The van der Waals surface area contributed by atoms with Crippen molar-refractivity contribution in [2.75, 3.05) is 14.2 Å². The maximum atomic E-state index is 13.1. The van der Waals surface area contributed by atoms with Crippen LogP contribution in [0.1, 0.15) is 65.4 Å². The largest absolute Gasteiger partial charge is 0.506 e. The molecule has 0 bridgehead atoms. The molecule has 0 saturated carbocycles. The summed E-state index contributed by atoms with van der Waals surface area (Å²) in [6, 6.07) is 28.3. The Hall–Kier alpha value is -5.92. The van der Waals surface area contributed by atoms with E-state index >= 15 is 0 Å². The zero-order valence-electron chi connectivity index (χ0n) is 31.1. The molecule has 0 fully saturated rings. The van der Waals surface area contributed by atoms with Crippen molar-refractivity contribution in [3.8, 4) is 23.0 Å². The van der Waals surface area contributed by atoms with Gasteiger partial charge in [0.05, 0.1) is 8.95 Å². The Bertz CT molecular complexity index is 2610. The summed E-state index contributed by atoms with van der Waals surface area (Å²) in [6.45, 7) is 0. The smallest absolute Gasteiger partial charge is 0.229 e. The van der Waals surface area contributed by atoms with Crippen LogP contribution in [0.25, 0.3) is 21.5 Å². The molecule has 6 aromatic carbocycles. The molecule has 4 N–H and O–H groups in total. The van der Waals surface area contributed by atoms with E-state index in [2.05, 4.69) is 31.9 Å². The van der Waals surface area contributed by atoms with Gasteiger partial charge in [0.1, 0.15) is 23.0 Å². The zero-order valence-corrected chi connectivity index (χ0v) is 34.2. The Morgan fingerprint density at radius 2 is 0.724 bits per heavy atom. The van der Waals surface area contributed by atoms with E-state index in [0.29, 0.717) is 101 Å². The SMILES string of the molecule is CO.CO.O=C1C2=C(Oc3c(c(Br)c(O)c4ccccc34)CC2)C(=O)c2ccccc21.O=C1C2=C(Oc3c(c(Br)c(O)c4ccccc34)CC2)C(=O)c2ccccc21. The number of rotatable bonds is 0. The Balaban J connectivity index is 0.000000163. The van der Waals surface area contributed by atoms with E-state index in [9.17, 15) is 29.4 Å². The molecule has 0 atom stereocenters. The Kier molecular flexibility index (Phi) is 11.5. The van der Waals surface area contributed by atoms with E-state index in [1.807, 2.05) is 36.4 Å². The first-order chi connectivity index (χ1) is 28.2. The van der Waals surface area contributed by atoms with Crippen LogP contribution in [0.2, 0.25) is 0 Å². The predicted molar refractivity (Wildman–Crippen MR) is 225 cm³/mol. The van der Waals surface area contributed by atoms with Gasteiger partial charge in [0.2, 0.25) is 11.6 Å². The average Bonchev–Trinajstić information content (AvgIpc) is 3.62. The zero-order chi connectivity index (χ0) is 41.4. The van der Waals surface area contributed by atoms with E-state index in [1.54, 1.807) is 60.7 Å². The topological polar surface area (TPSA) is 168 Å². The third-order valence-corrected chi connectivity index (χ3v) is 12.1. The lowest BCUT2D eigenvalue weighted by Crippen LogP contribution is -2.24. The van der Waals surface area contributed by atoms with Crippen LogP contribution in [0, 0.1) is 0 Å². The number of carbonyl (C=O) groups excluding carboxylic acids is 4. The summed E-state index contributed by atoms with van der Waals surface area (Å²) in [7, 11) is 2.00. The number of benzene rings is 6. The number of ether oxygens (including phenoxy) is 2.